The number of carbonyl (C=O) groups is 4. The minimum absolute atomic E-state index is 0.0498. The second-order valence-electron chi connectivity index (χ2n) is 26.2. The van der Waals surface area contributed by atoms with Gasteiger partial charge < -0.3 is 33.8 Å². The molecule has 0 aromatic heterocycles. The average molecular weight is 1500 g/mol. The molecule has 4 atom stereocenters. The highest BCUT2D eigenvalue weighted by Crippen LogP contribution is 2.45. The second kappa shape index (κ2) is 76.1. The van der Waals surface area contributed by atoms with Gasteiger partial charge in [-0.25, -0.2) is 9.13 Å². The summed E-state index contributed by atoms with van der Waals surface area (Å²) < 4.78 is 68.5. The van der Waals surface area contributed by atoms with Gasteiger partial charge in [0, 0.05) is 25.7 Å². The number of aliphatic hydroxyl groups excluding tert-OH is 1. The third-order valence-electron chi connectivity index (χ3n) is 16.3. The maximum absolute atomic E-state index is 13.1. The second-order valence-corrected chi connectivity index (χ2v) is 29.1. The first-order valence-corrected chi connectivity index (χ1v) is 43.1. The number of esters is 4. The third kappa shape index (κ3) is 75.2. The van der Waals surface area contributed by atoms with Gasteiger partial charge in [-0.2, -0.15) is 0 Å². The normalized spacial score (nSPS) is 14.6. The van der Waals surface area contributed by atoms with Crippen molar-refractivity contribution in [2.24, 2.45) is 0 Å². The summed E-state index contributed by atoms with van der Waals surface area (Å²) in [6, 6.07) is 0. The topological polar surface area (TPSA) is 237 Å². The number of phosphoric acid groups is 2. The number of allylic oxidation sites excluding steroid dienone is 24. The third-order valence-corrected chi connectivity index (χ3v) is 18.2. The molecule has 0 radical (unpaired) electrons. The molecular weight excluding hydrogens is 1350 g/mol. The predicted molar refractivity (Wildman–Crippen MR) is 427 cm³/mol. The highest BCUT2D eigenvalue weighted by Gasteiger charge is 2.30. The van der Waals surface area contributed by atoms with Gasteiger partial charge in [-0.3, -0.25) is 37.3 Å². The van der Waals surface area contributed by atoms with Crippen molar-refractivity contribution >= 4 is 39.5 Å². The molecule has 17 nitrogen and oxygen atoms in total. The van der Waals surface area contributed by atoms with Crippen LogP contribution in [0.1, 0.15) is 310 Å². The molecule has 0 aliphatic rings. The van der Waals surface area contributed by atoms with Gasteiger partial charge in [-0.1, -0.05) is 263 Å². The fourth-order valence-corrected chi connectivity index (χ4v) is 11.8. The van der Waals surface area contributed by atoms with Gasteiger partial charge in [-0.05, 0) is 167 Å². The Hall–Kier alpha value is -5.06. The van der Waals surface area contributed by atoms with Crippen molar-refractivity contribution in [1.29, 1.82) is 0 Å². The minimum Gasteiger partial charge on any atom is -0.462 e. The largest absolute Gasteiger partial charge is 0.472 e. The molecule has 0 bridgehead atoms. The Bertz CT molecular complexity index is 2370. The van der Waals surface area contributed by atoms with Crippen molar-refractivity contribution in [2.45, 2.75) is 329 Å². The van der Waals surface area contributed by atoms with E-state index in [1.807, 2.05) is 0 Å². The van der Waals surface area contributed by atoms with E-state index in [0.717, 1.165) is 180 Å². The summed E-state index contributed by atoms with van der Waals surface area (Å²) in [6.07, 6.45) is 86.8. The molecule has 2 unspecified atom stereocenters. The van der Waals surface area contributed by atoms with Crippen LogP contribution in [0.2, 0.25) is 0 Å². The van der Waals surface area contributed by atoms with Crippen molar-refractivity contribution in [1.82, 2.24) is 0 Å². The van der Waals surface area contributed by atoms with E-state index in [0.29, 0.717) is 25.7 Å². The summed E-state index contributed by atoms with van der Waals surface area (Å²) in [6.45, 7) is 4.52. The first-order chi connectivity index (χ1) is 50.7. The Kier molecular flexibility index (Phi) is 72.4. The minimum atomic E-state index is -5.00. The number of ether oxygens (including phenoxy) is 4. The average Bonchev–Trinajstić information content (AvgIpc) is 0.907. The molecule has 0 aliphatic heterocycles. The quantitative estimate of drug-likeness (QED) is 0.0169. The van der Waals surface area contributed by atoms with Crippen LogP contribution in [0.3, 0.4) is 0 Å². The molecule has 0 saturated heterocycles. The Balaban J connectivity index is 5.44. The Morgan fingerprint density at radius 1 is 0.279 bits per heavy atom. The number of phosphoric ester groups is 2. The van der Waals surface area contributed by atoms with E-state index < -0.39 is 97.5 Å². The zero-order valence-corrected chi connectivity index (χ0v) is 66.7. The van der Waals surface area contributed by atoms with Gasteiger partial charge in [0.05, 0.1) is 26.4 Å². The summed E-state index contributed by atoms with van der Waals surface area (Å²) in [5.74, 6) is -2.27. The van der Waals surface area contributed by atoms with Gasteiger partial charge >= 0.3 is 39.5 Å². The lowest BCUT2D eigenvalue weighted by atomic mass is 10.1. The molecule has 0 spiro atoms. The number of carbonyl (C=O) groups excluding carboxylic acids is 4. The fraction of sp³-hybridized carbons (Fsp3) is 0.671. The van der Waals surface area contributed by atoms with E-state index in [1.54, 1.807) is 0 Å². The molecule has 594 valence electrons. The Morgan fingerprint density at radius 2 is 0.500 bits per heavy atom. The highest BCUT2D eigenvalue weighted by atomic mass is 31.2. The van der Waals surface area contributed by atoms with Crippen LogP contribution in [-0.4, -0.2) is 96.7 Å². The lowest BCUT2D eigenvalue weighted by Gasteiger charge is -2.21. The van der Waals surface area contributed by atoms with E-state index >= 15 is 0 Å². The first kappa shape index (κ1) is 98.9. The fourth-order valence-electron chi connectivity index (χ4n) is 10.2. The molecule has 0 saturated carbocycles. The van der Waals surface area contributed by atoms with E-state index in [2.05, 4.69) is 174 Å². The SMILES string of the molecule is CC/C=C\C/C=C\C/C=C\C/C=C\C/C=C\CCCCCC(=O)O[C@H](COC(=O)CCCCCCC/C=C\CCCCCC)COP(=O)(O)OCC(O)COP(=O)(O)OC[C@@H](COC(=O)CCCCCCC/C=C\CCCCCC)OC(=O)CCCCC/C=C\C/C=C\C/C=C\C/C=C\C/C=C\CC. The number of aliphatic hydroxyl groups is 1. The van der Waals surface area contributed by atoms with Crippen molar-refractivity contribution in [3.8, 4) is 0 Å². The molecule has 0 rings (SSSR count). The van der Waals surface area contributed by atoms with Crippen LogP contribution in [0.5, 0.6) is 0 Å². The molecular formula is C85H142O17P2. The molecule has 0 aromatic carbocycles. The molecule has 104 heavy (non-hydrogen) atoms. The summed E-state index contributed by atoms with van der Waals surface area (Å²) in [4.78, 5) is 73.0. The van der Waals surface area contributed by atoms with E-state index in [-0.39, 0.29) is 25.7 Å². The number of rotatable bonds is 74. The molecule has 0 aliphatic carbocycles. The van der Waals surface area contributed by atoms with Crippen molar-refractivity contribution in [3.63, 3.8) is 0 Å². The molecule has 0 fully saturated rings. The number of hydrogen-bond donors (Lipinski definition) is 3. The van der Waals surface area contributed by atoms with Crippen LogP contribution in [-0.2, 0) is 65.4 Å². The van der Waals surface area contributed by atoms with Crippen LogP contribution in [0.25, 0.3) is 0 Å². The van der Waals surface area contributed by atoms with Crippen LogP contribution in [0, 0.1) is 0 Å². The maximum atomic E-state index is 13.1. The van der Waals surface area contributed by atoms with Gasteiger partial charge in [0.15, 0.2) is 12.2 Å². The molecule has 19 heteroatoms. The lowest BCUT2D eigenvalue weighted by molar-refractivity contribution is -0.161. The summed E-state index contributed by atoms with van der Waals surface area (Å²) >= 11 is 0. The summed E-state index contributed by atoms with van der Waals surface area (Å²) in [5.41, 5.74) is 0. The van der Waals surface area contributed by atoms with Crippen LogP contribution < -0.4 is 0 Å². The Labute approximate surface area is 630 Å². The Morgan fingerprint density at radius 3 is 0.788 bits per heavy atom. The molecule has 0 aromatic rings. The van der Waals surface area contributed by atoms with Crippen molar-refractivity contribution < 1.29 is 80.2 Å². The lowest BCUT2D eigenvalue weighted by Crippen LogP contribution is -2.30. The predicted octanol–water partition coefficient (Wildman–Crippen LogP) is 23.4. The summed E-state index contributed by atoms with van der Waals surface area (Å²) in [7, 11) is -9.99. The molecule has 0 amide bonds. The van der Waals surface area contributed by atoms with Gasteiger partial charge in [0.25, 0.3) is 0 Å². The van der Waals surface area contributed by atoms with Crippen molar-refractivity contribution in [3.05, 3.63) is 146 Å². The highest BCUT2D eigenvalue weighted by molar-refractivity contribution is 7.47. The van der Waals surface area contributed by atoms with Crippen molar-refractivity contribution in [2.75, 3.05) is 39.6 Å². The molecule has 3 N–H and O–H groups in total. The molecule has 0 heterocycles. The van der Waals surface area contributed by atoms with Gasteiger partial charge in [0.2, 0.25) is 0 Å². The van der Waals surface area contributed by atoms with Gasteiger partial charge in [0.1, 0.15) is 19.3 Å². The standard InChI is InChI=1S/C85H142O17P2/c1-5-9-13-17-21-25-29-33-35-37-39-41-43-47-51-55-59-63-67-71-84(89)101-80(75-95-82(87)69-65-61-57-53-49-45-31-27-23-19-15-11-7-3)77-99-103(91,92)97-73-79(86)74-98-104(93,94)100-78-81(76-96-83(88)70-66-62-58-54-50-46-32-28-24-20-16-12-8-4)102-85(90)72-68-64-60-56-52-48-44-42-40-38-36-34-30-26-22-18-14-10-6-2/h9-10,13-14,21-22,25-28,31-36,39-42,47-48,51-52,79-81,86H,5-8,11-12,15-20,23-24,29-30,37-38,43-46,49-50,53-78H2,1-4H3,(H,91,92)(H,93,94)/b13-9-,14-10-,25-21-,26-22-,31-27-,32-28-,35-33-,36-34-,41-39-,42-40-,51-47-,52-48-/t80-,81-/m1/s1. The monoisotopic (exact) mass is 1500 g/mol. The van der Waals surface area contributed by atoms with Crippen LogP contribution in [0.4, 0.5) is 0 Å². The zero-order chi connectivity index (χ0) is 76.0. The zero-order valence-electron chi connectivity index (χ0n) is 64.9. The van der Waals surface area contributed by atoms with Crippen LogP contribution in [0.15, 0.2) is 146 Å². The number of unbranched alkanes of at least 4 members (excludes halogenated alkanes) is 24. The smallest absolute Gasteiger partial charge is 0.462 e. The van der Waals surface area contributed by atoms with E-state index in [9.17, 15) is 43.2 Å². The maximum Gasteiger partial charge on any atom is 0.472 e. The van der Waals surface area contributed by atoms with E-state index in [4.69, 9.17) is 37.0 Å². The van der Waals surface area contributed by atoms with Gasteiger partial charge in [-0.15, -0.1) is 0 Å². The van der Waals surface area contributed by atoms with E-state index in [1.165, 1.54) is 51.4 Å². The summed E-state index contributed by atoms with van der Waals surface area (Å²) in [5, 5.41) is 10.6. The first-order valence-electron chi connectivity index (χ1n) is 40.1. The number of hydrogen-bond acceptors (Lipinski definition) is 15. The van der Waals surface area contributed by atoms with Crippen LogP contribution >= 0.6 is 15.6 Å².